The highest BCUT2D eigenvalue weighted by Crippen LogP contribution is 2.17. The summed E-state index contributed by atoms with van der Waals surface area (Å²) in [5, 5.41) is 3.29. The van der Waals surface area contributed by atoms with Gasteiger partial charge in [0.25, 0.3) is 0 Å². The zero-order valence-electron chi connectivity index (χ0n) is 15.3. The molecule has 6 heteroatoms. The molecule has 0 aliphatic carbocycles. The van der Waals surface area contributed by atoms with Gasteiger partial charge in [-0.25, -0.2) is 4.99 Å². The summed E-state index contributed by atoms with van der Waals surface area (Å²) < 4.78 is 5.40. The first-order valence-corrected chi connectivity index (χ1v) is 9.45. The molecule has 6 nitrogen and oxygen atoms in total. The Hall–Kier alpha value is -1.79. The van der Waals surface area contributed by atoms with E-state index in [1.807, 2.05) is 0 Å². The third-order valence-corrected chi connectivity index (χ3v) is 5.17. The third-order valence-electron chi connectivity index (χ3n) is 5.17. The molecule has 1 aromatic carbocycles. The van der Waals surface area contributed by atoms with Crippen LogP contribution in [0.5, 0.6) is 0 Å². The Balaban J connectivity index is 1.45. The first kappa shape index (κ1) is 18.0. The monoisotopic (exact) mass is 345 g/mol. The summed E-state index contributed by atoms with van der Waals surface area (Å²) >= 11 is 0. The number of nitrogens with two attached hydrogens (primary N) is 1. The van der Waals surface area contributed by atoms with E-state index in [2.05, 4.69) is 51.3 Å². The molecule has 25 heavy (non-hydrogen) atoms. The van der Waals surface area contributed by atoms with Crippen LogP contribution >= 0.6 is 0 Å². The second-order valence-electron chi connectivity index (χ2n) is 6.77. The summed E-state index contributed by atoms with van der Waals surface area (Å²) in [4.78, 5) is 9.34. The molecule has 1 atom stereocenters. The fourth-order valence-electron chi connectivity index (χ4n) is 3.63. The molecule has 138 valence electrons. The molecule has 2 aliphatic rings. The number of morpholine rings is 1. The van der Waals surface area contributed by atoms with E-state index in [4.69, 9.17) is 10.5 Å². The predicted molar refractivity (Wildman–Crippen MR) is 103 cm³/mol. The number of likely N-dealkylation sites (tertiary alicyclic amines) is 1. The minimum absolute atomic E-state index is 0.542. The number of aliphatic imine (C=N–C) groups is 1. The van der Waals surface area contributed by atoms with Crippen LogP contribution in [0, 0.1) is 0 Å². The lowest BCUT2D eigenvalue weighted by molar-refractivity contribution is 0.122. The van der Waals surface area contributed by atoms with Crippen LogP contribution in [0.25, 0.3) is 0 Å². The van der Waals surface area contributed by atoms with Crippen molar-refractivity contribution in [3.63, 3.8) is 0 Å². The molecule has 0 amide bonds. The molecule has 2 saturated heterocycles. The van der Waals surface area contributed by atoms with E-state index in [9.17, 15) is 0 Å². The first-order chi connectivity index (χ1) is 12.3. The van der Waals surface area contributed by atoms with Gasteiger partial charge in [0.15, 0.2) is 5.96 Å². The van der Waals surface area contributed by atoms with Crippen LogP contribution < -0.4 is 16.0 Å². The van der Waals surface area contributed by atoms with Gasteiger partial charge in [0.2, 0.25) is 0 Å². The van der Waals surface area contributed by atoms with E-state index in [0.29, 0.717) is 18.5 Å². The number of guanidine groups is 1. The molecule has 0 saturated carbocycles. The predicted octanol–water partition coefficient (Wildman–Crippen LogP) is 1.41. The molecule has 2 fully saturated rings. The maximum absolute atomic E-state index is 6.03. The number of nitrogens with zero attached hydrogens (tertiary/aromatic N) is 3. The van der Waals surface area contributed by atoms with Gasteiger partial charge in [-0.2, -0.15) is 0 Å². The van der Waals surface area contributed by atoms with Crippen LogP contribution in [0.1, 0.15) is 25.3 Å². The maximum Gasteiger partial charge on any atom is 0.188 e. The van der Waals surface area contributed by atoms with Crippen LogP contribution in [0.4, 0.5) is 5.69 Å². The first-order valence-electron chi connectivity index (χ1n) is 9.45. The molecule has 0 radical (unpaired) electrons. The Labute approximate surface area is 151 Å². The van der Waals surface area contributed by atoms with Crippen LogP contribution in [0.2, 0.25) is 0 Å². The standard InChI is InChI=1S/C19H31N5O/c1-2-23-9-3-4-18(23)15-22-19(20)21-14-16-5-7-17(8-6-16)24-10-12-25-13-11-24/h5-8,18H,2-4,9-15H2,1H3,(H3,20,21,22). The fraction of sp³-hybridized carbons (Fsp3) is 0.632. The van der Waals surface area contributed by atoms with Crippen molar-refractivity contribution in [1.29, 1.82) is 0 Å². The summed E-state index contributed by atoms with van der Waals surface area (Å²) in [6.07, 6.45) is 2.53. The number of ether oxygens (including phenoxy) is 1. The molecule has 2 aliphatic heterocycles. The molecule has 0 aromatic heterocycles. The van der Waals surface area contributed by atoms with Gasteiger partial charge in [-0.15, -0.1) is 0 Å². The number of benzene rings is 1. The normalized spacial score (nSPS) is 22.4. The van der Waals surface area contributed by atoms with Crippen molar-refractivity contribution in [3.8, 4) is 0 Å². The Morgan fingerprint density at radius 1 is 1.24 bits per heavy atom. The fourth-order valence-corrected chi connectivity index (χ4v) is 3.63. The average molecular weight is 345 g/mol. The van der Waals surface area contributed by atoms with Gasteiger partial charge in [0, 0.05) is 31.4 Å². The lowest BCUT2D eigenvalue weighted by Gasteiger charge is -2.28. The van der Waals surface area contributed by atoms with E-state index < -0.39 is 0 Å². The highest BCUT2D eigenvalue weighted by molar-refractivity contribution is 5.77. The molecule has 2 heterocycles. The van der Waals surface area contributed by atoms with Gasteiger partial charge in [-0.05, 0) is 43.6 Å². The average Bonchev–Trinajstić information content (AvgIpc) is 3.13. The summed E-state index contributed by atoms with van der Waals surface area (Å²) in [5.41, 5.74) is 8.46. The maximum atomic E-state index is 6.03. The van der Waals surface area contributed by atoms with Gasteiger partial charge in [-0.1, -0.05) is 19.1 Å². The summed E-state index contributed by atoms with van der Waals surface area (Å²) in [6, 6.07) is 9.19. The second-order valence-corrected chi connectivity index (χ2v) is 6.77. The van der Waals surface area contributed by atoms with Crippen LogP contribution in [-0.2, 0) is 11.3 Å². The Kier molecular flexibility index (Phi) is 6.53. The lowest BCUT2D eigenvalue weighted by atomic mass is 10.2. The molecule has 1 unspecified atom stereocenters. The molecule has 0 bridgehead atoms. The van der Waals surface area contributed by atoms with Gasteiger partial charge < -0.3 is 20.7 Å². The second kappa shape index (κ2) is 9.06. The Morgan fingerprint density at radius 3 is 2.72 bits per heavy atom. The molecular weight excluding hydrogens is 314 g/mol. The summed E-state index contributed by atoms with van der Waals surface area (Å²) in [5.74, 6) is 0.542. The largest absolute Gasteiger partial charge is 0.378 e. The Morgan fingerprint density at radius 2 is 2.00 bits per heavy atom. The van der Waals surface area contributed by atoms with Crippen molar-refractivity contribution in [3.05, 3.63) is 29.8 Å². The molecule has 1 aromatic rings. The zero-order valence-corrected chi connectivity index (χ0v) is 15.3. The van der Waals surface area contributed by atoms with Crippen molar-refractivity contribution >= 4 is 11.6 Å². The van der Waals surface area contributed by atoms with Gasteiger partial charge in [-0.3, -0.25) is 4.90 Å². The SMILES string of the molecule is CCN1CCCC1CNC(N)=NCc1ccc(N2CCOCC2)cc1. The number of anilines is 1. The Bertz CT molecular complexity index is 553. The smallest absolute Gasteiger partial charge is 0.188 e. The number of likely N-dealkylation sites (N-methyl/N-ethyl adjacent to an activating group) is 1. The van der Waals surface area contributed by atoms with Crippen molar-refractivity contribution in [2.45, 2.75) is 32.4 Å². The van der Waals surface area contributed by atoms with E-state index in [1.165, 1.54) is 30.6 Å². The molecule has 3 rings (SSSR count). The van der Waals surface area contributed by atoms with Crippen molar-refractivity contribution < 1.29 is 4.74 Å². The van der Waals surface area contributed by atoms with Crippen molar-refractivity contribution in [2.24, 2.45) is 10.7 Å². The summed E-state index contributed by atoms with van der Waals surface area (Å²) in [6.45, 7) is 9.58. The lowest BCUT2D eigenvalue weighted by Crippen LogP contribution is -2.42. The van der Waals surface area contributed by atoms with E-state index in [1.54, 1.807) is 0 Å². The number of hydrogen-bond acceptors (Lipinski definition) is 4. The molecular formula is C19H31N5O. The topological polar surface area (TPSA) is 66.1 Å². The summed E-state index contributed by atoms with van der Waals surface area (Å²) in [7, 11) is 0. The van der Waals surface area contributed by atoms with E-state index in [0.717, 1.165) is 39.4 Å². The zero-order chi connectivity index (χ0) is 17.5. The minimum atomic E-state index is 0.542. The number of hydrogen-bond donors (Lipinski definition) is 2. The highest BCUT2D eigenvalue weighted by Gasteiger charge is 2.22. The quantitative estimate of drug-likeness (QED) is 0.603. The number of rotatable bonds is 6. The molecule has 3 N–H and O–H groups in total. The third kappa shape index (κ3) is 5.09. The number of nitrogens with one attached hydrogen (secondary N) is 1. The highest BCUT2D eigenvalue weighted by atomic mass is 16.5. The minimum Gasteiger partial charge on any atom is -0.378 e. The van der Waals surface area contributed by atoms with Crippen LogP contribution in [0.15, 0.2) is 29.3 Å². The van der Waals surface area contributed by atoms with Crippen molar-refractivity contribution in [2.75, 3.05) is 50.8 Å². The van der Waals surface area contributed by atoms with Crippen LogP contribution in [-0.4, -0.2) is 62.8 Å². The van der Waals surface area contributed by atoms with Gasteiger partial charge >= 0.3 is 0 Å². The van der Waals surface area contributed by atoms with Crippen LogP contribution in [0.3, 0.4) is 0 Å². The van der Waals surface area contributed by atoms with Gasteiger partial charge in [0.05, 0.1) is 19.8 Å². The molecule has 0 spiro atoms. The van der Waals surface area contributed by atoms with E-state index in [-0.39, 0.29) is 0 Å². The van der Waals surface area contributed by atoms with E-state index >= 15 is 0 Å². The van der Waals surface area contributed by atoms with Gasteiger partial charge in [0.1, 0.15) is 0 Å². The van der Waals surface area contributed by atoms with Crippen molar-refractivity contribution in [1.82, 2.24) is 10.2 Å².